The number of alkyl halides is 3. The lowest BCUT2D eigenvalue weighted by Crippen LogP contribution is -2.13. The minimum Gasteiger partial charge on any atom is -0.482 e. The van der Waals surface area contributed by atoms with Crippen LogP contribution >= 0.6 is 0 Å². The first-order chi connectivity index (χ1) is 19.1. The zero-order valence-electron chi connectivity index (χ0n) is 20.9. The minimum absolute atomic E-state index is 0.0392. The second-order valence-electron chi connectivity index (χ2n) is 8.80. The average Bonchev–Trinajstić information content (AvgIpc) is 3.36. The topological polar surface area (TPSA) is 66.2 Å². The molecular weight excluding hydrogens is 533 g/mol. The molecule has 5 rings (SSSR count). The van der Waals surface area contributed by atoms with Crippen molar-refractivity contribution < 1.29 is 36.2 Å². The minimum atomic E-state index is -4.65. The van der Waals surface area contributed by atoms with Gasteiger partial charge < -0.3 is 14.0 Å². The van der Waals surface area contributed by atoms with E-state index in [4.69, 9.17) is 4.74 Å². The van der Waals surface area contributed by atoms with Gasteiger partial charge in [-0.2, -0.15) is 13.2 Å². The molecule has 0 radical (unpaired) electrons. The summed E-state index contributed by atoms with van der Waals surface area (Å²) in [5.74, 6) is -2.77. The van der Waals surface area contributed by atoms with E-state index in [1.807, 2.05) is 0 Å². The van der Waals surface area contributed by atoms with Crippen LogP contribution in [0, 0.1) is 11.6 Å². The van der Waals surface area contributed by atoms with Gasteiger partial charge in [-0.3, -0.25) is 0 Å². The third-order valence-electron chi connectivity index (χ3n) is 6.13. The van der Waals surface area contributed by atoms with E-state index < -0.39 is 36.0 Å². The molecule has 0 saturated heterocycles. The highest BCUT2D eigenvalue weighted by atomic mass is 19.4. The smallest absolute Gasteiger partial charge is 0.417 e. The number of carbonyl (C=O) groups is 1. The molecule has 3 aromatic rings. The number of benzene rings is 3. The predicted molar refractivity (Wildman–Crippen MR) is 135 cm³/mol. The van der Waals surface area contributed by atoms with Gasteiger partial charge in [-0.25, -0.2) is 23.5 Å². The molecule has 0 aromatic heterocycles. The Bertz CT molecular complexity index is 1650. The lowest BCUT2D eigenvalue weighted by atomic mass is 9.98. The van der Waals surface area contributed by atoms with Crippen molar-refractivity contribution in [2.45, 2.75) is 12.7 Å². The maximum absolute atomic E-state index is 14.2. The summed E-state index contributed by atoms with van der Waals surface area (Å²) in [6, 6.07) is 15.6. The SMILES string of the molecule is COC(=O)COc1ccc(-c2ccc(Cn3ccc4nc(-c5cccc(F)c5F)nc-4c3)cc2)c(C(F)(F)F)c1. The number of ether oxygens (including phenoxy) is 2. The van der Waals surface area contributed by atoms with Crippen molar-refractivity contribution in [3.8, 4) is 39.7 Å². The van der Waals surface area contributed by atoms with E-state index in [0.717, 1.165) is 24.8 Å². The number of pyridine rings is 1. The van der Waals surface area contributed by atoms with Gasteiger partial charge in [-0.05, 0) is 47.0 Å². The van der Waals surface area contributed by atoms with E-state index in [1.54, 1.807) is 47.3 Å². The maximum Gasteiger partial charge on any atom is 0.417 e. The zero-order chi connectivity index (χ0) is 28.4. The molecule has 0 aliphatic carbocycles. The molecule has 2 aliphatic rings. The monoisotopic (exact) mass is 553 g/mol. The van der Waals surface area contributed by atoms with Gasteiger partial charge in [0.05, 0.1) is 23.9 Å². The van der Waals surface area contributed by atoms with Crippen molar-refractivity contribution in [2.75, 3.05) is 13.7 Å². The number of nitrogens with zero attached hydrogens (tertiary/aromatic N) is 3. The number of imidazole rings is 1. The number of fused-ring (bicyclic) bond motifs is 1. The van der Waals surface area contributed by atoms with E-state index in [1.165, 1.54) is 24.3 Å². The molecule has 6 nitrogen and oxygen atoms in total. The van der Waals surface area contributed by atoms with Gasteiger partial charge in [-0.15, -0.1) is 0 Å². The molecule has 0 saturated carbocycles. The van der Waals surface area contributed by atoms with Crippen molar-refractivity contribution in [3.05, 3.63) is 102 Å². The fourth-order valence-electron chi connectivity index (χ4n) is 4.15. The largest absolute Gasteiger partial charge is 0.482 e. The molecule has 0 bridgehead atoms. The zero-order valence-corrected chi connectivity index (χ0v) is 20.9. The molecule has 0 unspecified atom stereocenters. The number of methoxy groups -OCH3 is 1. The molecule has 0 fully saturated rings. The summed E-state index contributed by atoms with van der Waals surface area (Å²) in [5.41, 5.74) is 1.14. The Morgan fingerprint density at radius 2 is 1.68 bits per heavy atom. The van der Waals surface area contributed by atoms with Crippen LogP contribution < -0.4 is 4.74 Å². The third kappa shape index (κ3) is 5.63. The van der Waals surface area contributed by atoms with E-state index in [0.29, 0.717) is 23.5 Å². The maximum atomic E-state index is 14.2. The molecule has 2 aliphatic heterocycles. The van der Waals surface area contributed by atoms with Gasteiger partial charge in [-0.1, -0.05) is 36.4 Å². The second-order valence-corrected chi connectivity index (χ2v) is 8.80. The Hall–Kier alpha value is -4.80. The van der Waals surface area contributed by atoms with Crippen LogP contribution in [-0.2, 0) is 22.3 Å². The van der Waals surface area contributed by atoms with E-state index in [-0.39, 0.29) is 22.7 Å². The van der Waals surface area contributed by atoms with E-state index in [9.17, 15) is 26.7 Å². The predicted octanol–water partition coefficient (Wildman–Crippen LogP) is 6.61. The van der Waals surface area contributed by atoms with Crippen molar-refractivity contribution in [1.29, 1.82) is 0 Å². The number of carbonyl (C=O) groups excluding carboxylic acids is 1. The van der Waals surface area contributed by atoms with Gasteiger partial charge in [0, 0.05) is 18.9 Å². The van der Waals surface area contributed by atoms with Crippen LogP contribution in [0.4, 0.5) is 22.0 Å². The molecule has 0 spiro atoms. The Balaban J connectivity index is 1.36. The van der Waals surface area contributed by atoms with Crippen LogP contribution in [-0.4, -0.2) is 34.2 Å². The summed E-state index contributed by atoms with van der Waals surface area (Å²) < 4.78 is 80.6. The number of halogens is 5. The summed E-state index contributed by atoms with van der Waals surface area (Å²) in [6.07, 6.45) is -1.21. The first-order valence-corrected chi connectivity index (χ1v) is 11.9. The van der Waals surface area contributed by atoms with E-state index >= 15 is 0 Å². The number of rotatable bonds is 7. The summed E-state index contributed by atoms with van der Waals surface area (Å²) in [6.45, 7) is -0.135. The fourth-order valence-corrected chi connectivity index (χ4v) is 4.15. The lowest BCUT2D eigenvalue weighted by Gasteiger charge is -2.16. The highest BCUT2D eigenvalue weighted by Crippen LogP contribution is 2.39. The molecule has 2 heterocycles. The van der Waals surface area contributed by atoms with Crippen LogP contribution in [0.25, 0.3) is 33.9 Å². The Labute approximate surface area is 225 Å². The molecule has 40 heavy (non-hydrogen) atoms. The van der Waals surface area contributed by atoms with Gasteiger partial charge in [0.2, 0.25) is 0 Å². The number of hydrogen-bond acceptors (Lipinski definition) is 5. The van der Waals surface area contributed by atoms with Crippen molar-refractivity contribution in [3.63, 3.8) is 0 Å². The van der Waals surface area contributed by atoms with Crippen molar-refractivity contribution >= 4 is 5.97 Å². The number of esters is 1. The van der Waals surface area contributed by atoms with Crippen LogP contribution in [0.3, 0.4) is 0 Å². The second kappa shape index (κ2) is 10.8. The van der Waals surface area contributed by atoms with E-state index in [2.05, 4.69) is 14.7 Å². The molecule has 0 atom stereocenters. The summed E-state index contributed by atoms with van der Waals surface area (Å²) in [5, 5.41) is 0. The highest BCUT2D eigenvalue weighted by molar-refractivity contribution is 5.72. The Morgan fingerprint density at radius 1 is 0.925 bits per heavy atom. The molecule has 0 N–H and O–H groups in total. The number of aromatic nitrogens is 3. The molecule has 0 amide bonds. The van der Waals surface area contributed by atoms with Gasteiger partial charge in [0.1, 0.15) is 11.4 Å². The third-order valence-corrected chi connectivity index (χ3v) is 6.13. The van der Waals surface area contributed by atoms with Crippen molar-refractivity contribution in [2.24, 2.45) is 0 Å². The molecule has 3 aromatic carbocycles. The first-order valence-electron chi connectivity index (χ1n) is 11.9. The van der Waals surface area contributed by atoms with Crippen molar-refractivity contribution in [1.82, 2.24) is 14.5 Å². The molecular formula is C29H20F5N3O3. The Kier molecular flexibility index (Phi) is 7.20. The van der Waals surface area contributed by atoms with Gasteiger partial charge in [0.25, 0.3) is 0 Å². The van der Waals surface area contributed by atoms with Crippen LogP contribution in [0.2, 0.25) is 0 Å². The lowest BCUT2D eigenvalue weighted by molar-refractivity contribution is -0.142. The molecule has 11 heteroatoms. The standard InChI is InChI=1S/C29H20F5N3O3/c1-39-26(38)16-40-19-9-10-20(22(13-19)29(32,33)34)18-7-5-17(6-8-18)14-37-12-11-24-25(15-37)36-28(35-24)21-3-2-4-23(30)27(21)31/h2-13,15H,14,16H2,1H3. The Morgan fingerprint density at radius 3 is 2.40 bits per heavy atom. The average molecular weight is 553 g/mol. The normalized spacial score (nSPS) is 11.6. The number of hydrogen-bond donors (Lipinski definition) is 0. The summed E-state index contributed by atoms with van der Waals surface area (Å²) in [4.78, 5) is 19.9. The quantitative estimate of drug-likeness (QED) is 0.168. The summed E-state index contributed by atoms with van der Waals surface area (Å²) >= 11 is 0. The first kappa shape index (κ1) is 26.8. The summed E-state index contributed by atoms with van der Waals surface area (Å²) in [7, 11) is 1.15. The molecule has 204 valence electrons. The van der Waals surface area contributed by atoms with Crippen LogP contribution in [0.15, 0.2) is 79.1 Å². The van der Waals surface area contributed by atoms with Crippen LogP contribution in [0.1, 0.15) is 11.1 Å². The highest BCUT2D eigenvalue weighted by Gasteiger charge is 2.34. The van der Waals surface area contributed by atoms with Crippen LogP contribution in [0.5, 0.6) is 5.75 Å². The fraction of sp³-hybridized carbons (Fsp3) is 0.138. The van der Waals surface area contributed by atoms with Gasteiger partial charge >= 0.3 is 12.1 Å². The van der Waals surface area contributed by atoms with Gasteiger partial charge in [0.15, 0.2) is 24.1 Å².